The fourth-order valence-corrected chi connectivity index (χ4v) is 1.07. The van der Waals surface area contributed by atoms with E-state index in [0.29, 0.717) is 5.70 Å². The Morgan fingerprint density at radius 3 is 2.38 bits per heavy atom. The van der Waals surface area contributed by atoms with Gasteiger partial charge in [0.25, 0.3) is 11.8 Å². The van der Waals surface area contributed by atoms with Crippen molar-refractivity contribution in [3.63, 3.8) is 0 Å². The molecule has 68 valence electrons. The second kappa shape index (κ2) is 4.05. The molecule has 0 bridgehead atoms. The first-order valence-corrected chi connectivity index (χ1v) is 4.10. The maximum Gasteiger partial charge on any atom is 0.257 e. The molecule has 3 nitrogen and oxygen atoms in total. The number of nitrogens with zero attached hydrogens (tertiary/aromatic N) is 1. The average Bonchev–Trinajstić information content (AvgIpc) is 2.42. The van der Waals surface area contributed by atoms with Crippen LogP contribution in [0.3, 0.4) is 0 Å². The Morgan fingerprint density at radius 2 is 1.92 bits per heavy atom. The predicted octanol–water partition coefficient (Wildman–Crippen LogP) is 1.57. The quantitative estimate of drug-likeness (QED) is 0.498. The Bertz CT molecular complexity index is 311. The molecule has 1 aliphatic rings. The lowest BCUT2D eigenvalue weighted by atomic mass is 10.3. The van der Waals surface area contributed by atoms with Crippen molar-refractivity contribution in [3.8, 4) is 0 Å². The molecular weight excluding hydrogens is 190 g/mol. The van der Waals surface area contributed by atoms with Crippen LogP contribution in [-0.2, 0) is 9.59 Å². The molecule has 2 amide bonds. The lowest BCUT2D eigenvalue weighted by Gasteiger charge is -2.12. The summed E-state index contributed by atoms with van der Waals surface area (Å²) in [7, 11) is 0. The molecule has 1 rings (SSSR count). The third-order valence-corrected chi connectivity index (χ3v) is 1.72. The van der Waals surface area contributed by atoms with E-state index in [9.17, 15) is 9.59 Å². The Kier molecular flexibility index (Phi) is 3.03. The molecule has 0 saturated carbocycles. The van der Waals surface area contributed by atoms with Crippen molar-refractivity contribution in [2.45, 2.75) is 6.92 Å². The SMILES string of the molecule is C/C(=C\C=C/Cl)N1C(=O)C=CC1=O. The Morgan fingerprint density at radius 1 is 1.38 bits per heavy atom. The van der Waals surface area contributed by atoms with Crippen molar-refractivity contribution in [2.24, 2.45) is 0 Å². The summed E-state index contributed by atoms with van der Waals surface area (Å²) in [5.41, 5.74) is 1.86. The van der Waals surface area contributed by atoms with Crippen LogP contribution in [0.1, 0.15) is 6.92 Å². The van der Waals surface area contributed by atoms with Gasteiger partial charge in [0, 0.05) is 23.4 Å². The van der Waals surface area contributed by atoms with Crippen molar-refractivity contribution < 1.29 is 9.59 Å². The molecule has 1 aliphatic heterocycles. The highest BCUT2D eigenvalue weighted by molar-refractivity contribution is 6.25. The molecule has 0 aliphatic carbocycles. The average molecular weight is 198 g/mol. The van der Waals surface area contributed by atoms with E-state index in [4.69, 9.17) is 11.6 Å². The van der Waals surface area contributed by atoms with E-state index >= 15 is 0 Å². The summed E-state index contributed by atoms with van der Waals surface area (Å²) >= 11 is 5.30. The van der Waals surface area contributed by atoms with Gasteiger partial charge in [-0.25, -0.2) is 4.90 Å². The molecular formula is C9H8ClNO2. The van der Waals surface area contributed by atoms with Gasteiger partial charge in [-0.15, -0.1) is 0 Å². The Hall–Kier alpha value is -1.35. The summed E-state index contributed by atoms with van der Waals surface area (Å²) in [6.07, 6.45) is 5.62. The second-order valence-corrected chi connectivity index (χ2v) is 2.72. The minimum Gasteiger partial charge on any atom is -0.269 e. The van der Waals surface area contributed by atoms with E-state index in [1.54, 1.807) is 19.1 Å². The number of halogens is 1. The summed E-state index contributed by atoms with van der Waals surface area (Å²) in [5, 5.41) is 0. The summed E-state index contributed by atoms with van der Waals surface area (Å²) in [6.45, 7) is 1.67. The second-order valence-electron chi connectivity index (χ2n) is 2.47. The highest BCUT2D eigenvalue weighted by Gasteiger charge is 2.23. The first-order chi connectivity index (χ1) is 6.16. The molecule has 1 heterocycles. The van der Waals surface area contributed by atoms with Gasteiger partial charge in [-0.05, 0) is 19.1 Å². The van der Waals surface area contributed by atoms with E-state index in [-0.39, 0.29) is 11.8 Å². The summed E-state index contributed by atoms with van der Waals surface area (Å²) in [6, 6.07) is 0. The smallest absolute Gasteiger partial charge is 0.257 e. The molecule has 0 N–H and O–H groups in total. The molecule has 0 aromatic rings. The molecule has 0 atom stereocenters. The predicted molar refractivity (Wildman–Crippen MR) is 49.7 cm³/mol. The maximum absolute atomic E-state index is 11.1. The van der Waals surface area contributed by atoms with Gasteiger partial charge in [0.2, 0.25) is 0 Å². The van der Waals surface area contributed by atoms with Gasteiger partial charge >= 0.3 is 0 Å². The lowest BCUT2D eigenvalue weighted by Crippen LogP contribution is -2.27. The molecule has 0 unspecified atom stereocenters. The zero-order valence-electron chi connectivity index (χ0n) is 7.03. The molecule has 0 spiro atoms. The maximum atomic E-state index is 11.1. The van der Waals surface area contributed by atoms with E-state index in [0.717, 1.165) is 4.90 Å². The lowest BCUT2D eigenvalue weighted by molar-refractivity contribution is -0.134. The Labute approximate surface area is 81.0 Å². The van der Waals surface area contributed by atoms with Crippen LogP contribution in [0.15, 0.2) is 35.5 Å². The number of hydrogen-bond acceptors (Lipinski definition) is 2. The van der Waals surface area contributed by atoms with E-state index in [2.05, 4.69) is 0 Å². The van der Waals surface area contributed by atoms with Gasteiger partial charge in [-0.2, -0.15) is 0 Å². The summed E-state index contributed by atoms with van der Waals surface area (Å²) < 4.78 is 0. The number of amides is 2. The highest BCUT2D eigenvalue weighted by atomic mass is 35.5. The van der Waals surface area contributed by atoms with Gasteiger partial charge in [-0.3, -0.25) is 9.59 Å². The van der Waals surface area contributed by atoms with Crippen LogP contribution in [0.5, 0.6) is 0 Å². The number of carbonyl (C=O) groups is 2. The Balaban J connectivity index is 2.84. The van der Waals surface area contributed by atoms with E-state index in [1.165, 1.54) is 17.7 Å². The van der Waals surface area contributed by atoms with Crippen LogP contribution in [0.2, 0.25) is 0 Å². The minimum absolute atomic E-state index is 0.318. The first-order valence-electron chi connectivity index (χ1n) is 3.66. The zero-order chi connectivity index (χ0) is 9.84. The van der Waals surface area contributed by atoms with E-state index < -0.39 is 0 Å². The van der Waals surface area contributed by atoms with Crippen molar-refractivity contribution in [1.82, 2.24) is 4.90 Å². The fourth-order valence-electron chi connectivity index (χ4n) is 0.998. The van der Waals surface area contributed by atoms with Crippen LogP contribution >= 0.6 is 11.6 Å². The number of imide groups is 1. The zero-order valence-corrected chi connectivity index (χ0v) is 7.78. The fraction of sp³-hybridized carbons (Fsp3) is 0.111. The molecule has 13 heavy (non-hydrogen) atoms. The summed E-state index contributed by atoms with van der Waals surface area (Å²) in [5.74, 6) is -0.636. The van der Waals surface area contributed by atoms with Crippen LogP contribution in [0.4, 0.5) is 0 Å². The van der Waals surface area contributed by atoms with Gasteiger partial charge in [0.1, 0.15) is 0 Å². The number of rotatable bonds is 2. The van der Waals surface area contributed by atoms with Crippen LogP contribution in [-0.4, -0.2) is 16.7 Å². The minimum atomic E-state index is -0.318. The highest BCUT2D eigenvalue weighted by Crippen LogP contribution is 2.11. The molecule has 4 heteroatoms. The monoisotopic (exact) mass is 197 g/mol. The largest absolute Gasteiger partial charge is 0.269 e. The first kappa shape index (κ1) is 9.74. The van der Waals surface area contributed by atoms with Crippen molar-refractivity contribution in [1.29, 1.82) is 0 Å². The van der Waals surface area contributed by atoms with Crippen LogP contribution < -0.4 is 0 Å². The normalized spacial score (nSPS) is 18.0. The number of carbonyl (C=O) groups excluding carboxylic acids is 2. The van der Waals surface area contributed by atoms with E-state index in [1.807, 2.05) is 0 Å². The van der Waals surface area contributed by atoms with Crippen molar-refractivity contribution in [2.75, 3.05) is 0 Å². The van der Waals surface area contributed by atoms with Crippen LogP contribution in [0.25, 0.3) is 0 Å². The van der Waals surface area contributed by atoms with Gasteiger partial charge in [-0.1, -0.05) is 11.6 Å². The number of allylic oxidation sites excluding steroid dienone is 3. The standard InChI is InChI=1S/C9H8ClNO2/c1-7(3-2-6-10)11-8(12)4-5-9(11)13/h2-6H,1H3/b6-2-,7-3+. The molecule has 0 fully saturated rings. The third kappa shape index (κ3) is 2.06. The molecule has 0 aromatic carbocycles. The molecule has 0 radical (unpaired) electrons. The topological polar surface area (TPSA) is 37.4 Å². The van der Waals surface area contributed by atoms with Gasteiger partial charge in [0.05, 0.1) is 0 Å². The number of hydrogen-bond donors (Lipinski definition) is 0. The molecule has 0 saturated heterocycles. The van der Waals surface area contributed by atoms with Crippen molar-refractivity contribution >= 4 is 23.4 Å². The molecule has 0 aromatic heterocycles. The van der Waals surface area contributed by atoms with Crippen LogP contribution in [0, 0.1) is 0 Å². The van der Waals surface area contributed by atoms with Gasteiger partial charge in [0.15, 0.2) is 0 Å². The third-order valence-electron chi connectivity index (χ3n) is 1.57. The van der Waals surface area contributed by atoms with Crippen molar-refractivity contribution in [3.05, 3.63) is 35.5 Å². The summed E-state index contributed by atoms with van der Waals surface area (Å²) in [4.78, 5) is 23.3. The van der Waals surface area contributed by atoms with Gasteiger partial charge < -0.3 is 0 Å².